The maximum atomic E-state index is 12.9. The fourth-order valence-corrected chi connectivity index (χ4v) is 7.83. The largest absolute Gasteiger partial charge is 0.511 e. The minimum absolute atomic E-state index is 0.0367. The number of sulfonamides is 1. The van der Waals surface area contributed by atoms with E-state index >= 15 is 0 Å². The Kier molecular flexibility index (Phi) is 4.34. The Bertz CT molecular complexity index is 1230. The summed E-state index contributed by atoms with van der Waals surface area (Å²) in [6, 6.07) is -0.333. The second-order valence-corrected chi connectivity index (χ2v) is 12.6. The van der Waals surface area contributed by atoms with Crippen LogP contribution in [0.25, 0.3) is 0 Å². The zero-order chi connectivity index (χ0) is 21.4. The van der Waals surface area contributed by atoms with Crippen molar-refractivity contribution in [3.05, 3.63) is 22.3 Å². The first-order chi connectivity index (χ1) is 14.0. The molecule has 1 amide bonds. The zero-order valence-electron chi connectivity index (χ0n) is 15.8. The Balaban J connectivity index is 1.52. The van der Waals surface area contributed by atoms with Gasteiger partial charge in [-0.1, -0.05) is 0 Å². The number of rotatable bonds is 4. The van der Waals surface area contributed by atoms with E-state index in [2.05, 4.69) is 15.0 Å². The van der Waals surface area contributed by atoms with Crippen molar-refractivity contribution in [1.29, 1.82) is 0 Å². The molecule has 0 aromatic carbocycles. The summed E-state index contributed by atoms with van der Waals surface area (Å²) in [5.41, 5.74) is 0.149. The number of hydrogen-bond acceptors (Lipinski definition) is 9. The van der Waals surface area contributed by atoms with Gasteiger partial charge in [0.15, 0.2) is 5.84 Å². The molecule has 3 N–H and O–H groups in total. The van der Waals surface area contributed by atoms with Crippen LogP contribution in [0.3, 0.4) is 0 Å². The van der Waals surface area contributed by atoms with E-state index in [0.29, 0.717) is 5.56 Å². The molecule has 5 heterocycles. The van der Waals surface area contributed by atoms with Crippen molar-refractivity contribution in [3.8, 4) is 0 Å². The number of nitrogens with zero attached hydrogens (tertiary/aromatic N) is 1. The lowest BCUT2D eigenvalue weighted by Crippen LogP contribution is -2.53. The molecule has 2 saturated heterocycles. The number of anilines is 1. The van der Waals surface area contributed by atoms with Crippen molar-refractivity contribution >= 4 is 47.9 Å². The number of ether oxygens (including phenoxy) is 1. The second kappa shape index (κ2) is 6.52. The van der Waals surface area contributed by atoms with Crippen LogP contribution in [0.5, 0.6) is 0 Å². The van der Waals surface area contributed by atoms with E-state index in [0.717, 1.165) is 30.4 Å². The number of sulfone groups is 1. The molecule has 0 spiro atoms. The molecule has 4 unspecified atom stereocenters. The third-order valence-electron chi connectivity index (χ3n) is 5.87. The van der Waals surface area contributed by atoms with Crippen molar-refractivity contribution in [2.24, 2.45) is 10.3 Å². The zero-order valence-corrected chi connectivity index (χ0v) is 18.2. The Morgan fingerprint density at radius 2 is 2.07 bits per heavy atom. The summed E-state index contributed by atoms with van der Waals surface area (Å²) in [4.78, 5) is 12.6. The van der Waals surface area contributed by atoms with E-state index < -0.39 is 31.7 Å². The fourth-order valence-electron chi connectivity index (χ4n) is 4.57. The van der Waals surface area contributed by atoms with Crippen LogP contribution in [0.4, 0.5) is 5.00 Å². The molecule has 162 valence electrons. The second-order valence-electron chi connectivity index (χ2n) is 7.91. The molecule has 1 aromatic rings. The van der Waals surface area contributed by atoms with Gasteiger partial charge in [-0.05, 0) is 30.2 Å². The average Bonchev–Trinajstić information content (AvgIpc) is 3.33. The van der Waals surface area contributed by atoms with Gasteiger partial charge in [-0.3, -0.25) is 4.79 Å². The Morgan fingerprint density at radius 1 is 1.33 bits per heavy atom. The standard InChI is InChI=1S/C17H19N3O7S3/c1-29(23,24)5-4-7-6-28-17-14(7)30(25,26)20-15(19-17)11-13(21)10-8-2-3-9(27-8)12(10)18-16(11)22/h6,8-10,12,21H,2-5H2,1H3,(H,18,22)(H,19,20). The molecule has 2 bridgehead atoms. The lowest BCUT2D eigenvalue weighted by Gasteiger charge is -2.34. The van der Waals surface area contributed by atoms with E-state index in [-0.39, 0.29) is 57.5 Å². The smallest absolute Gasteiger partial charge is 0.287 e. The molecule has 10 nitrogen and oxygen atoms in total. The van der Waals surface area contributed by atoms with Crippen LogP contribution in [-0.4, -0.2) is 63.9 Å². The quantitative estimate of drug-likeness (QED) is 0.566. The van der Waals surface area contributed by atoms with Crippen molar-refractivity contribution in [2.45, 2.75) is 42.4 Å². The molecular formula is C17H19N3O7S3. The number of aliphatic hydroxyl groups excluding tert-OH is 1. The van der Waals surface area contributed by atoms with E-state index in [1.807, 2.05) is 0 Å². The highest BCUT2D eigenvalue weighted by Gasteiger charge is 2.55. The number of thiophene rings is 1. The molecule has 4 aliphatic heterocycles. The van der Waals surface area contributed by atoms with Gasteiger partial charge >= 0.3 is 0 Å². The maximum absolute atomic E-state index is 12.9. The summed E-state index contributed by atoms with van der Waals surface area (Å²) < 4.78 is 58.2. The predicted molar refractivity (Wildman–Crippen MR) is 109 cm³/mol. The molecule has 0 aliphatic carbocycles. The van der Waals surface area contributed by atoms with Crippen LogP contribution in [0.15, 0.2) is 26.0 Å². The number of amidine groups is 1. The summed E-state index contributed by atoms with van der Waals surface area (Å²) >= 11 is 1.08. The summed E-state index contributed by atoms with van der Waals surface area (Å²) in [6.45, 7) is 0. The highest BCUT2D eigenvalue weighted by molar-refractivity contribution is 7.91. The monoisotopic (exact) mass is 473 g/mol. The van der Waals surface area contributed by atoms with Gasteiger partial charge in [-0.15, -0.1) is 15.7 Å². The highest BCUT2D eigenvalue weighted by Crippen LogP contribution is 2.45. The topological polar surface area (TPSA) is 151 Å². The number of hydrogen-bond donors (Lipinski definition) is 3. The Hall–Kier alpha value is -1.96. The Morgan fingerprint density at radius 3 is 2.80 bits per heavy atom. The average molecular weight is 474 g/mol. The van der Waals surface area contributed by atoms with Crippen molar-refractivity contribution in [1.82, 2.24) is 5.32 Å². The summed E-state index contributed by atoms with van der Waals surface area (Å²) in [6.07, 6.45) is 2.30. The number of carbonyl (C=O) groups is 1. The van der Waals surface area contributed by atoms with Crippen LogP contribution in [-0.2, 0) is 35.8 Å². The van der Waals surface area contributed by atoms with Gasteiger partial charge in [-0.25, -0.2) is 8.42 Å². The maximum Gasteiger partial charge on any atom is 0.287 e. The van der Waals surface area contributed by atoms with E-state index in [9.17, 15) is 26.7 Å². The molecule has 1 aromatic heterocycles. The number of fused-ring (bicyclic) bond motifs is 6. The molecule has 4 aliphatic rings. The number of aryl methyl sites for hydroxylation is 1. The predicted octanol–water partition coefficient (Wildman–Crippen LogP) is 0.336. The van der Waals surface area contributed by atoms with Crippen molar-refractivity contribution in [2.75, 3.05) is 17.3 Å². The van der Waals surface area contributed by atoms with Gasteiger partial charge in [0, 0.05) is 6.26 Å². The van der Waals surface area contributed by atoms with Crippen molar-refractivity contribution < 1.29 is 31.5 Å². The van der Waals surface area contributed by atoms with Gasteiger partial charge in [0.05, 0.1) is 29.9 Å². The van der Waals surface area contributed by atoms with E-state index in [1.54, 1.807) is 5.38 Å². The first kappa shape index (κ1) is 20.0. The lowest BCUT2D eigenvalue weighted by atomic mass is 9.79. The van der Waals surface area contributed by atoms with E-state index in [1.165, 1.54) is 0 Å². The Labute approximate surface area is 177 Å². The van der Waals surface area contributed by atoms with Gasteiger partial charge in [0.1, 0.15) is 31.1 Å². The summed E-state index contributed by atoms with van der Waals surface area (Å²) in [5.74, 6) is -1.69. The van der Waals surface area contributed by atoms with Crippen molar-refractivity contribution in [3.63, 3.8) is 0 Å². The highest BCUT2D eigenvalue weighted by atomic mass is 32.2. The van der Waals surface area contributed by atoms with Crippen LogP contribution in [0, 0.1) is 5.92 Å². The number of nitrogens with one attached hydrogen (secondary N) is 2. The molecule has 0 radical (unpaired) electrons. The first-order valence-corrected chi connectivity index (χ1v) is 13.7. The molecule has 5 rings (SSSR count). The molecule has 4 atom stereocenters. The molecule has 2 fully saturated rings. The molecule has 13 heteroatoms. The SMILES string of the molecule is CS(=O)(=O)CCc1csc2c1S(=O)(=O)N=C(C1=C(O)C3C4CCC(O4)C3NC1=O)N2. The van der Waals surface area contributed by atoms with Gasteiger partial charge in [-0.2, -0.15) is 8.42 Å². The third kappa shape index (κ3) is 3.06. The number of amides is 1. The fraction of sp³-hybridized carbons (Fsp3) is 0.529. The first-order valence-electron chi connectivity index (χ1n) is 9.35. The van der Waals surface area contributed by atoms with Crippen LogP contribution in [0.2, 0.25) is 0 Å². The molecule has 0 saturated carbocycles. The summed E-state index contributed by atoms with van der Waals surface area (Å²) in [7, 11) is -7.46. The molecular weight excluding hydrogens is 454 g/mol. The summed E-state index contributed by atoms with van der Waals surface area (Å²) in [5, 5.41) is 18.3. The number of aliphatic hydroxyl groups is 1. The van der Waals surface area contributed by atoms with Crippen LogP contribution >= 0.6 is 11.3 Å². The number of carbonyl (C=O) groups excluding carboxylic acids is 1. The normalized spacial score (nSPS) is 31.6. The van der Waals surface area contributed by atoms with E-state index in [4.69, 9.17) is 4.74 Å². The van der Waals surface area contributed by atoms with Crippen LogP contribution < -0.4 is 10.6 Å². The van der Waals surface area contributed by atoms with Crippen LogP contribution in [0.1, 0.15) is 18.4 Å². The minimum Gasteiger partial charge on any atom is -0.511 e. The van der Waals surface area contributed by atoms with Gasteiger partial charge in [0.25, 0.3) is 15.9 Å². The third-order valence-corrected chi connectivity index (χ3v) is 9.29. The lowest BCUT2D eigenvalue weighted by molar-refractivity contribution is -0.119. The minimum atomic E-state index is -4.19. The van der Waals surface area contributed by atoms with Gasteiger partial charge in [0.2, 0.25) is 0 Å². The molecule has 30 heavy (non-hydrogen) atoms. The van der Waals surface area contributed by atoms with Gasteiger partial charge < -0.3 is 20.5 Å².